The Hall–Kier alpha value is -4.05. The molecule has 4 heteroatoms. The summed E-state index contributed by atoms with van der Waals surface area (Å²) in [7, 11) is 0. The Labute approximate surface area is 185 Å². The Morgan fingerprint density at radius 1 is 0.688 bits per heavy atom. The van der Waals surface area contributed by atoms with Gasteiger partial charge in [-0.15, -0.1) is 0 Å². The van der Waals surface area contributed by atoms with Crippen LogP contribution < -0.4 is 0 Å². The first-order valence-electron chi connectivity index (χ1n) is 10.9. The van der Waals surface area contributed by atoms with Gasteiger partial charge in [0.25, 0.3) is 0 Å². The molecule has 4 aromatic carbocycles. The van der Waals surface area contributed by atoms with Crippen LogP contribution in [0, 0.1) is 0 Å². The smallest absolute Gasteiger partial charge is 0.237 e. The lowest BCUT2D eigenvalue weighted by atomic mass is 9.82. The minimum absolute atomic E-state index is 0.00600. The molecule has 152 valence electrons. The number of para-hydroxylation sites is 1. The van der Waals surface area contributed by atoms with Gasteiger partial charge in [0.1, 0.15) is 12.7 Å². The normalized spacial score (nSPS) is 14.2. The van der Waals surface area contributed by atoms with Crippen LogP contribution in [0.2, 0.25) is 0 Å². The number of nitrogens with zero attached hydrogens (tertiary/aromatic N) is 4. The molecule has 1 aliphatic rings. The van der Waals surface area contributed by atoms with E-state index in [9.17, 15) is 0 Å². The van der Waals surface area contributed by atoms with Crippen LogP contribution in [0.25, 0.3) is 49.7 Å². The van der Waals surface area contributed by atoms with E-state index in [4.69, 9.17) is 0 Å². The third-order valence-corrected chi connectivity index (χ3v) is 7.03. The van der Waals surface area contributed by atoms with Crippen LogP contribution in [0.4, 0.5) is 0 Å². The zero-order chi connectivity index (χ0) is 21.4. The fourth-order valence-electron chi connectivity index (χ4n) is 5.55. The summed E-state index contributed by atoms with van der Waals surface area (Å²) in [5.74, 6) is 0.637. The molecule has 0 unspecified atom stereocenters. The average molecular weight is 412 g/mol. The van der Waals surface area contributed by atoms with Gasteiger partial charge in [-0.1, -0.05) is 68.4 Å². The zero-order valence-electron chi connectivity index (χ0n) is 17.9. The molecule has 0 spiro atoms. The van der Waals surface area contributed by atoms with Crippen LogP contribution in [0.15, 0.2) is 85.5 Å². The molecule has 0 saturated heterocycles. The largest absolute Gasteiger partial charge is 0.278 e. The lowest BCUT2D eigenvalue weighted by Crippen LogP contribution is -2.14. The summed E-state index contributed by atoms with van der Waals surface area (Å²) < 4.78 is 2.14. The number of benzene rings is 4. The van der Waals surface area contributed by atoms with Crippen molar-refractivity contribution in [2.75, 3.05) is 0 Å². The second-order valence-corrected chi connectivity index (χ2v) is 9.04. The molecule has 7 rings (SSSR count). The van der Waals surface area contributed by atoms with E-state index in [1.54, 1.807) is 12.7 Å². The predicted molar refractivity (Wildman–Crippen MR) is 129 cm³/mol. The van der Waals surface area contributed by atoms with Crippen LogP contribution in [-0.4, -0.2) is 19.5 Å². The minimum Gasteiger partial charge on any atom is -0.278 e. The van der Waals surface area contributed by atoms with Crippen molar-refractivity contribution in [3.63, 3.8) is 0 Å². The van der Waals surface area contributed by atoms with E-state index in [1.807, 2.05) is 0 Å². The van der Waals surface area contributed by atoms with E-state index >= 15 is 0 Å². The molecule has 32 heavy (non-hydrogen) atoms. The van der Waals surface area contributed by atoms with Crippen LogP contribution in [0.5, 0.6) is 0 Å². The van der Waals surface area contributed by atoms with Crippen molar-refractivity contribution < 1.29 is 0 Å². The molecule has 1 aliphatic carbocycles. The number of aromatic nitrogens is 4. The lowest BCUT2D eigenvalue weighted by Gasteiger charge is -2.21. The third kappa shape index (κ3) is 2.14. The summed E-state index contributed by atoms with van der Waals surface area (Å²) in [6.07, 6.45) is 3.10. The van der Waals surface area contributed by atoms with Gasteiger partial charge < -0.3 is 0 Å². The van der Waals surface area contributed by atoms with Crippen LogP contribution in [0.1, 0.15) is 25.0 Å². The van der Waals surface area contributed by atoms with Crippen molar-refractivity contribution in [1.82, 2.24) is 19.5 Å². The fraction of sp³-hybridized carbons (Fsp3) is 0.107. The van der Waals surface area contributed by atoms with Gasteiger partial charge in [0.2, 0.25) is 5.95 Å². The predicted octanol–water partition coefficient (Wildman–Crippen LogP) is 6.43. The monoisotopic (exact) mass is 412 g/mol. The fourth-order valence-corrected chi connectivity index (χ4v) is 5.55. The second-order valence-electron chi connectivity index (χ2n) is 9.04. The van der Waals surface area contributed by atoms with Crippen molar-refractivity contribution in [2.24, 2.45) is 0 Å². The first-order valence-corrected chi connectivity index (χ1v) is 10.9. The van der Waals surface area contributed by atoms with E-state index in [2.05, 4.69) is 106 Å². The highest BCUT2D eigenvalue weighted by Crippen LogP contribution is 2.51. The molecule has 0 bridgehead atoms. The van der Waals surface area contributed by atoms with E-state index in [0.29, 0.717) is 5.95 Å². The summed E-state index contributed by atoms with van der Waals surface area (Å²) in [4.78, 5) is 12.9. The van der Waals surface area contributed by atoms with Crippen molar-refractivity contribution in [3.8, 4) is 17.1 Å². The highest BCUT2D eigenvalue weighted by atomic mass is 15.2. The van der Waals surface area contributed by atoms with E-state index in [0.717, 1.165) is 11.0 Å². The molecule has 0 saturated carbocycles. The molecule has 0 atom stereocenters. The van der Waals surface area contributed by atoms with Crippen LogP contribution in [0.3, 0.4) is 0 Å². The zero-order valence-corrected chi connectivity index (χ0v) is 17.9. The van der Waals surface area contributed by atoms with Crippen LogP contribution in [-0.2, 0) is 5.41 Å². The molecule has 0 radical (unpaired) electrons. The van der Waals surface area contributed by atoms with Crippen molar-refractivity contribution in [3.05, 3.63) is 96.6 Å². The maximum Gasteiger partial charge on any atom is 0.237 e. The van der Waals surface area contributed by atoms with Crippen LogP contribution >= 0.6 is 0 Å². The quantitative estimate of drug-likeness (QED) is 0.313. The Morgan fingerprint density at radius 3 is 2.34 bits per heavy atom. The first-order chi connectivity index (χ1) is 15.6. The number of hydrogen-bond donors (Lipinski definition) is 0. The summed E-state index contributed by atoms with van der Waals surface area (Å²) in [5, 5.41) is 4.94. The summed E-state index contributed by atoms with van der Waals surface area (Å²) in [6.45, 7) is 4.66. The summed E-state index contributed by atoms with van der Waals surface area (Å²) in [6, 6.07) is 26.5. The van der Waals surface area contributed by atoms with Gasteiger partial charge in [0, 0.05) is 16.2 Å². The Bertz CT molecular complexity index is 1690. The summed E-state index contributed by atoms with van der Waals surface area (Å²) >= 11 is 0. The molecule has 0 N–H and O–H groups in total. The van der Waals surface area contributed by atoms with Crippen molar-refractivity contribution >= 4 is 32.6 Å². The van der Waals surface area contributed by atoms with Gasteiger partial charge in [0.15, 0.2) is 0 Å². The topological polar surface area (TPSA) is 43.6 Å². The maximum atomic E-state index is 4.45. The SMILES string of the molecule is CC1(C)c2ccccc2-c2c1ccc1cc3c(cc21)c1ccccc1n3-c1ncncn1. The maximum absolute atomic E-state index is 4.45. The highest BCUT2D eigenvalue weighted by Gasteiger charge is 2.36. The Kier molecular flexibility index (Phi) is 3.31. The third-order valence-electron chi connectivity index (χ3n) is 7.03. The van der Waals surface area contributed by atoms with Crippen molar-refractivity contribution in [2.45, 2.75) is 19.3 Å². The highest BCUT2D eigenvalue weighted by molar-refractivity contribution is 6.16. The molecule has 0 aliphatic heterocycles. The molecule has 4 nitrogen and oxygen atoms in total. The van der Waals surface area contributed by atoms with Gasteiger partial charge in [-0.3, -0.25) is 4.57 Å². The van der Waals surface area contributed by atoms with Gasteiger partial charge >= 0.3 is 0 Å². The molecule has 2 heterocycles. The first kappa shape index (κ1) is 17.6. The Morgan fingerprint density at radius 2 is 1.47 bits per heavy atom. The van der Waals surface area contributed by atoms with E-state index < -0.39 is 0 Å². The number of hydrogen-bond acceptors (Lipinski definition) is 3. The lowest BCUT2D eigenvalue weighted by molar-refractivity contribution is 0.661. The molecule has 0 amide bonds. The molecule has 6 aromatic rings. The second kappa shape index (κ2) is 6.01. The molecule has 0 fully saturated rings. The standard InChI is InChI=1S/C28H20N4/c1-28(2)22-9-5-3-8-19(22)26-20-14-21-18-7-4-6-10-24(18)32(27-30-15-29-16-31-27)25(21)13-17(20)11-12-23(26)28/h3-16H,1-2H3. The van der Waals surface area contributed by atoms with Gasteiger partial charge in [0.05, 0.1) is 11.0 Å². The molecular formula is C28H20N4. The minimum atomic E-state index is -0.00600. The van der Waals surface area contributed by atoms with E-state index in [-0.39, 0.29) is 5.41 Å². The average Bonchev–Trinajstić information content (AvgIpc) is 3.27. The van der Waals surface area contributed by atoms with Gasteiger partial charge in [-0.2, -0.15) is 0 Å². The van der Waals surface area contributed by atoms with Gasteiger partial charge in [-0.05, 0) is 51.2 Å². The molecule has 2 aromatic heterocycles. The van der Waals surface area contributed by atoms with Gasteiger partial charge in [-0.25, -0.2) is 15.0 Å². The molecular weight excluding hydrogens is 392 g/mol. The number of rotatable bonds is 1. The van der Waals surface area contributed by atoms with E-state index in [1.165, 1.54) is 43.8 Å². The Balaban J connectivity index is 1.66. The number of fused-ring (bicyclic) bond motifs is 8. The van der Waals surface area contributed by atoms with Crippen molar-refractivity contribution in [1.29, 1.82) is 0 Å². The summed E-state index contributed by atoms with van der Waals surface area (Å²) in [5.41, 5.74) is 7.70.